The zero-order valence-corrected chi connectivity index (χ0v) is 9.64. The van der Waals surface area contributed by atoms with Crippen LogP contribution in [0.15, 0.2) is 18.3 Å². The number of aromatic nitrogens is 1. The number of pyridine rings is 1. The number of methoxy groups -OCH3 is 1. The molecule has 0 spiro atoms. The Morgan fingerprint density at radius 1 is 1.62 bits per heavy atom. The van der Waals surface area contributed by atoms with Crippen molar-refractivity contribution in [1.29, 1.82) is 0 Å². The summed E-state index contributed by atoms with van der Waals surface area (Å²) in [6.45, 7) is 4.09. The van der Waals surface area contributed by atoms with E-state index in [0.717, 1.165) is 12.4 Å². The Labute approximate surface area is 95.2 Å². The number of ether oxygens (including phenoxy) is 1. The third kappa shape index (κ3) is 2.93. The maximum Gasteiger partial charge on any atom is 0.338 e. The van der Waals surface area contributed by atoms with E-state index in [1.54, 1.807) is 18.3 Å². The topological polar surface area (TPSA) is 68.5 Å². The zero-order valence-electron chi connectivity index (χ0n) is 9.64. The summed E-state index contributed by atoms with van der Waals surface area (Å²) >= 11 is 0. The molecule has 5 heteroatoms. The highest BCUT2D eigenvalue weighted by Crippen LogP contribution is 2.12. The largest absolute Gasteiger partial charge is 0.465 e. The second-order valence-corrected chi connectivity index (χ2v) is 3.26. The fourth-order valence-electron chi connectivity index (χ4n) is 1.43. The van der Waals surface area contributed by atoms with Crippen LogP contribution < -0.4 is 10.6 Å². The molecule has 1 aromatic rings. The fourth-order valence-corrected chi connectivity index (χ4v) is 1.43. The summed E-state index contributed by atoms with van der Waals surface area (Å²) in [5.41, 5.74) is 6.01. The molecule has 1 aromatic heterocycles. The lowest BCUT2D eigenvalue weighted by atomic mass is 10.2. The van der Waals surface area contributed by atoms with Crippen molar-refractivity contribution < 1.29 is 9.53 Å². The van der Waals surface area contributed by atoms with Gasteiger partial charge in [-0.05, 0) is 19.1 Å². The Morgan fingerprint density at radius 2 is 2.38 bits per heavy atom. The van der Waals surface area contributed by atoms with Crippen molar-refractivity contribution >= 4 is 11.8 Å². The Morgan fingerprint density at radius 3 is 2.94 bits per heavy atom. The lowest BCUT2D eigenvalue weighted by Gasteiger charge is -2.21. The number of nitrogens with zero attached hydrogens (tertiary/aromatic N) is 2. The van der Waals surface area contributed by atoms with Crippen molar-refractivity contribution in [3.05, 3.63) is 23.9 Å². The molecule has 0 unspecified atom stereocenters. The Kier molecular flexibility index (Phi) is 4.72. The van der Waals surface area contributed by atoms with Crippen molar-refractivity contribution in [2.45, 2.75) is 6.92 Å². The SMILES string of the molecule is CCN(CCN)c1cc(C(=O)OC)ccn1. The molecule has 1 rings (SSSR count). The van der Waals surface area contributed by atoms with Gasteiger partial charge < -0.3 is 15.4 Å². The molecule has 0 fully saturated rings. The minimum Gasteiger partial charge on any atom is -0.465 e. The molecular formula is C11H17N3O2. The van der Waals surface area contributed by atoms with Crippen LogP contribution in [0.4, 0.5) is 5.82 Å². The summed E-state index contributed by atoms with van der Waals surface area (Å²) in [5, 5.41) is 0. The van der Waals surface area contributed by atoms with Gasteiger partial charge in [-0.15, -0.1) is 0 Å². The van der Waals surface area contributed by atoms with Gasteiger partial charge in [0.25, 0.3) is 0 Å². The number of esters is 1. The Hall–Kier alpha value is -1.62. The van der Waals surface area contributed by atoms with E-state index in [9.17, 15) is 4.79 Å². The molecule has 0 saturated carbocycles. The van der Waals surface area contributed by atoms with E-state index in [4.69, 9.17) is 5.73 Å². The average molecular weight is 223 g/mol. The van der Waals surface area contributed by atoms with E-state index < -0.39 is 0 Å². The van der Waals surface area contributed by atoms with Gasteiger partial charge in [-0.1, -0.05) is 0 Å². The smallest absolute Gasteiger partial charge is 0.338 e. The molecule has 0 bridgehead atoms. The lowest BCUT2D eigenvalue weighted by Crippen LogP contribution is -2.29. The van der Waals surface area contributed by atoms with Crippen molar-refractivity contribution in [2.75, 3.05) is 31.6 Å². The van der Waals surface area contributed by atoms with Gasteiger partial charge in [0, 0.05) is 25.8 Å². The second-order valence-electron chi connectivity index (χ2n) is 3.26. The van der Waals surface area contributed by atoms with Crippen LogP contribution in [0.5, 0.6) is 0 Å². The monoisotopic (exact) mass is 223 g/mol. The summed E-state index contributed by atoms with van der Waals surface area (Å²) in [5.74, 6) is 0.392. The van der Waals surface area contributed by atoms with E-state index >= 15 is 0 Å². The van der Waals surface area contributed by atoms with Crippen molar-refractivity contribution in [3.63, 3.8) is 0 Å². The van der Waals surface area contributed by atoms with Gasteiger partial charge in [-0.2, -0.15) is 0 Å². The fraction of sp³-hybridized carbons (Fsp3) is 0.455. The molecule has 0 radical (unpaired) electrons. The summed E-state index contributed by atoms with van der Waals surface area (Å²) in [7, 11) is 1.36. The van der Waals surface area contributed by atoms with Crippen LogP contribution in [0.3, 0.4) is 0 Å². The molecule has 2 N–H and O–H groups in total. The average Bonchev–Trinajstić information content (AvgIpc) is 2.35. The molecule has 0 aromatic carbocycles. The molecule has 0 amide bonds. The van der Waals surface area contributed by atoms with Crippen LogP contribution >= 0.6 is 0 Å². The number of carbonyl (C=O) groups excluding carboxylic acids is 1. The van der Waals surface area contributed by atoms with Gasteiger partial charge in [0.1, 0.15) is 5.82 Å². The molecule has 88 valence electrons. The minimum atomic E-state index is -0.354. The predicted octanol–water partition coefficient (Wildman–Crippen LogP) is 0.653. The lowest BCUT2D eigenvalue weighted by molar-refractivity contribution is 0.0600. The molecule has 5 nitrogen and oxygen atoms in total. The Bertz CT molecular complexity index is 355. The number of likely N-dealkylation sites (N-methyl/N-ethyl adjacent to an activating group) is 1. The molecule has 16 heavy (non-hydrogen) atoms. The maximum atomic E-state index is 11.3. The number of rotatable bonds is 5. The summed E-state index contributed by atoms with van der Waals surface area (Å²) in [6.07, 6.45) is 1.60. The molecule has 0 atom stereocenters. The second kappa shape index (κ2) is 6.07. The van der Waals surface area contributed by atoms with Crippen molar-refractivity contribution in [1.82, 2.24) is 4.98 Å². The first kappa shape index (κ1) is 12.4. The highest BCUT2D eigenvalue weighted by molar-refractivity contribution is 5.90. The van der Waals surface area contributed by atoms with E-state index in [0.29, 0.717) is 18.7 Å². The van der Waals surface area contributed by atoms with Crippen molar-refractivity contribution in [3.8, 4) is 0 Å². The van der Waals surface area contributed by atoms with Crippen LogP contribution in [-0.2, 0) is 4.74 Å². The number of nitrogens with two attached hydrogens (primary N) is 1. The molecule has 0 saturated heterocycles. The van der Waals surface area contributed by atoms with Gasteiger partial charge in [0.15, 0.2) is 0 Å². The van der Waals surface area contributed by atoms with E-state index in [2.05, 4.69) is 9.72 Å². The van der Waals surface area contributed by atoms with Crippen LogP contribution in [0.1, 0.15) is 17.3 Å². The molecule has 0 aliphatic carbocycles. The number of carbonyl (C=O) groups is 1. The van der Waals surface area contributed by atoms with Gasteiger partial charge in [-0.3, -0.25) is 0 Å². The first-order valence-corrected chi connectivity index (χ1v) is 5.22. The standard InChI is InChI=1S/C11H17N3O2/c1-3-14(7-5-12)10-8-9(4-6-13-10)11(15)16-2/h4,6,8H,3,5,7,12H2,1-2H3. The quantitative estimate of drug-likeness (QED) is 0.742. The number of hydrogen-bond acceptors (Lipinski definition) is 5. The van der Waals surface area contributed by atoms with Gasteiger partial charge >= 0.3 is 5.97 Å². The summed E-state index contributed by atoms with van der Waals surface area (Å²) in [6, 6.07) is 3.34. The predicted molar refractivity (Wildman–Crippen MR) is 62.5 cm³/mol. The summed E-state index contributed by atoms with van der Waals surface area (Å²) in [4.78, 5) is 17.6. The van der Waals surface area contributed by atoms with Crippen molar-refractivity contribution in [2.24, 2.45) is 5.73 Å². The maximum absolute atomic E-state index is 11.3. The zero-order chi connectivity index (χ0) is 12.0. The minimum absolute atomic E-state index is 0.354. The highest BCUT2D eigenvalue weighted by atomic mass is 16.5. The molecule has 1 heterocycles. The van der Waals surface area contributed by atoms with Gasteiger partial charge in [0.05, 0.1) is 12.7 Å². The first-order valence-electron chi connectivity index (χ1n) is 5.22. The molecular weight excluding hydrogens is 206 g/mol. The van der Waals surface area contributed by atoms with Crippen LogP contribution in [0.2, 0.25) is 0 Å². The normalized spacial score (nSPS) is 9.94. The number of anilines is 1. The Balaban J connectivity index is 2.92. The van der Waals surface area contributed by atoms with E-state index in [-0.39, 0.29) is 5.97 Å². The van der Waals surface area contributed by atoms with Crippen LogP contribution in [0.25, 0.3) is 0 Å². The third-order valence-electron chi connectivity index (χ3n) is 2.27. The highest BCUT2D eigenvalue weighted by Gasteiger charge is 2.09. The first-order chi connectivity index (χ1) is 7.72. The van der Waals surface area contributed by atoms with Gasteiger partial charge in [0.2, 0.25) is 0 Å². The third-order valence-corrected chi connectivity index (χ3v) is 2.27. The molecule has 0 aliphatic rings. The summed E-state index contributed by atoms with van der Waals surface area (Å²) < 4.78 is 4.65. The number of hydrogen-bond donors (Lipinski definition) is 1. The van der Waals surface area contributed by atoms with E-state index in [1.807, 2.05) is 11.8 Å². The molecule has 0 aliphatic heterocycles. The van der Waals surface area contributed by atoms with Crippen LogP contribution in [-0.4, -0.2) is 37.7 Å². The van der Waals surface area contributed by atoms with Gasteiger partial charge in [-0.25, -0.2) is 9.78 Å². The van der Waals surface area contributed by atoms with E-state index in [1.165, 1.54) is 7.11 Å². The van der Waals surface area contributed by atoms with Crippen LogP contribution in [0, 0.1) is 0 Å².